The molecule has 3 heterocycles. The quantitative estimate of drug-likeness (QED) is 0.679. The van der Waals surface area contributed by atoms with Crippen LogP contribution in [0.2, 0.25) is 0 Å². The average molecular weight is 390 g/mol. The fourth-order valence-corrected chi connectivity index (χ4v) is 4.09. The number of aryl methyl sites for hydroxylation is 1. The van der Waals surface area contributed by atoms with E-state index in [1.165, 1.54) is 16.5 Å². The normalized spacial score (nSPS) is 17.7. The molecule has 1 aliphatic heterocycles. The first-order valence-corrected chi connectivity index (χ1v) is 10.0. The number of nitrogens with one attached hydrogen (secondary N) is 2. The molecule has 150 valence electrons. The molecule has 2 N–H and O–H groups in total. The summed E-state index contributed by atoms with van der Waals surface area (Å²) < 4.78 is 0. The van der Waals surface area contributed by atoms with E-state index >= 15 is 0 Å². The monoisotopic (exact) mass is 390 g/mol. The van der Waals surface area contributed by atoms with Crippen LogP contribution in [0, 0.1) is 12.8 Å². The van der Waals surface area contributed by atoms with Crippen molar-refractivity contribution in [3.8, 4) is 0 Å². The second-order valence-corrected chi connectivity index (χ2v) is 7.96. The molecule has 29 heavy (non-hydrogen) atoms. The van der Waals surface area contributed by atoms with Crippen molar-refractivity contribution in [1.82, 2.24) is 20.2 Å². The number of carbonyl (C=O) groups excluding carboxylic acids is 2. The second kappa shape index (κ2) is 8.07. The SMILES string of the molecule is Cc1cccc2c(C[C@@H](C)NC(=O)[C@@H]3CC(=O)N(Cc4cccnc4)C3)c[nH]c12. The first-order valence-electron chi connectivity index (χ1n) is 10.0. The van der Waals surface area contributed by atoms with Crippen LogP contribution in [0.25, 0.3) is 10.9 Å². The van der Waals surface area contributed by atoms with Gasteiger partial charge < -0.3 is 15.2 Å². The Labute approximate surface area is 170 Å². The van der Waals surface area contributed by atoms with Crippen LogP contribution in [-0.2, 0) is 22.6 Å². The number of benzene rings is 1. The summed E-state index contributed by atoms with van der Waals surface area (Å²) in [6.45, 7) is 5.05. The Kier molecular flexibility index (Phi) is 5.34. The topological polar surface area (TPSA) is 78.1 Å². The van der Waals surface area contributed by atoms with Gasteiger partial charge in [0.2, 0.25) is 11.8 Å². The Balaban J connectivity index is 1.35. The molecule has 0 aliphatic carbocycles. The van der Waals surface area contributed by atoms with Crippen LogP contribution < -0.4 is 5.32 Å². The minimum atomic E-state index is -0.299. The highest BCUT2D eigenvalue weighted by atomic mass is 16.2. The minimum absolute atomic E-state index is 0.00973. The predicted molar refractivity (Wildman–Crippen MR) is 112 cm³/mol. The van der Waals surface area contributed by atoms with Crippen LogP contribution in [0.3, 0.4) is 0 Å². The van der Waals surface area contributed by atoms with Crippen molar-refractivity contribution in [2.24, 2.45) is 5.92 Å². The number of pyridine rings is 1. The highest BCUT2D eigenvalue weighted by Gasteiger charge is 2.34. The van der Waals surface area contributed by atoms with E-state index in [4.69, 9.17) is 0 Å². The second-order valence-electron chi connectivity index (χ2n) is 7.96. The molecule has 0 saturated carbocycles. The Hall–Kier alpha value is -3.15. The Morgan fingerprint density at radius 2 is 2.21 bits per heavy atom. The fraction of sp³-hybridized carbons (Fsp3) is 0.348. The maximum Gasteiger partial charge on any atom is 0.225 e. The summed E-state index contributed by atoms with van der Waals surface area (Å²) in [7, 11) is 0. The van der Waals surface area contributed by atoms with Gasteiger partial charge in [-0.2, -0.15) is 0 Å². The molecule has 0 unspecified atom stereocenters. The number of amides is 2. The standard InChI is InChI=1S/C23H26N4O2/c1-15-5-3-7-20-18(12-25-22(15)20)9-16(2)26-23(29)19-10-21(28)27(14-19)13-17-6-4-8-24-11-17/h3-8,11-12,16,19,25H,9-10,13-14H2,1-2H3,(H,26,29)/t16-,19-/m1/s1. The van der Waals surface area contributed by atoms with E-state index in [0.717, 1.165) is 17.5 Å². The molecule has 1 saturated heterocycles. The summed E-state index contributed by atoms with van der Waals surface area (Å²) in [6, 6.07) is 10.0. The molecule has 1 aromatic carbocycles. The third kappa shape index (κ3) is 4.16. The van der Waals surface area contributed by atoms with Gasteiger partial charge in [-0.05, 0) is 43.0 Å². The third-order valence-corrected chi connectivity index (χ3v) is 5.61. The van der Waals surface area contributed by atoms with Crippen molar-refractivity contribution in [1.29, 1.82) is 0 Å². The highest BCUT2D eigenvalue weighted by Crippen LogP contribution is 2.23. The molecule has 0 spiro atoms. The van der Waals surface area contributed by atoms with Gasteiger partial charge in [0.05, 0.1) is 5.92 Å². The van der Waals surface area contributed by atoms with Crippen LogP contribution in [0.1, 0.15) is 30.0 Å². The van der Waals surface area contributed by atoms with Crippen molar-refractivity contribution >= 4 is 22.7 Å². The Bertz CT molecular complexity index is 1030. The van der Waals surface area contributed by atoms with Gasteiger partial charge in [0, 0.05) is 55.0 Å². The van der Waals surface area contributed by atoms with E-state index in [1.807, 2.05) is 25.3 Å². The van der Waals surface area contributed by atoms with Gasteiger partial charge >= 0.3 is 0 Å². The minimum Gasteiger partial charge on any atom is -0.361 e. The van der Waals surface area contributed by atoms with Crippen molar-refractivity contribution in [3.63, 3.8) is 0 Å². The van der Waals surface area contributed by atoms with E-state index < -0.39 is 0 Å². The molecule has 2 amide bonds. The molecular weight excluding hydrogens is 364 g/mol. The summed E-state index contributed by atoms with van der Waals surface area (Å²) in [6.07, 6.45) is 6.50. The van der Waals surface area contributed by atoms with Gasteiger partial charge in [-0.15, -0.1) is 0 Å². The largest absolute Gasteiger partial charge is 0.361 e. The van der Waals surface area contributed by atoms with Gasteiger partial charge in [0.15, 0.2) is 0 Å². The van der Waals surface area contributed by atoms with Crippen LogP contribution in [0.4, 0.5) is 0 Å². The number of nitrogens with zero attached hydrogens (tertiary/aromatic N) is 2. The Morgan fingerprint density at radius 1 is 1.34 bits per heavy atom. The number of aromatic nitrogens is 2. The zero-order valence-corrected chi connectivity index (χ0v) is 16.8. The molecular formula is C23H26N4O2. The molecule has 1 aliphatic rings. The number of likely N-dealkylation sites (tertiary alicyclic amines) is 1. The lowest BCUT2D eigenvalue weighted by molar-refractivity contribution is -0.129. The number of fused-ring (bicyclic) bond motifs is 1. The van der Waals surface area contributed by atoms with Gasteiger partial charge in [0.25, 0.3) is 0 Å². The lowest BCUT2D eigenvalue weighted by Gasteiger charge is -2.18. The molecule has 1 fully saturated rings. The van der Waals surface area contributed by atoms with Crippen LogP contribution >= 0.6 is 0 Å². The van der Waals surface area contributed by atoms with Gasteiger partial charge in [-0.25, -0.2) is 0 Å². The van der Waals surface area contributed by atoms with Crippen molar-refractivity contribution in [3.05, 3.63) is 65.6 Å². The molecule has 0 radical (unpaired) electrons. The molecule has 6 nitrogen and oxygen atoms in total. The summed E-state index contributed by atoms with van der Waals surface area (Å²) in [5.74, 6) is -0.323. The van der Waals surface area contributed by atoms with Crippen molar-refractivity contribution in [2.75, 3.05) is 6.54 Å². The summed E-state index contributed by atoms with van der Waals surface area (Å²) in [4.78, 5) is 34.2. The predicted octanol–water partition coefficient (Wildman–Crippen LogP) is 2.97. The summed E-state index contributed by atoms with van der Waals surface area (Å²) in [5, 5.41) is 4.30. The third-order valence-electron chi connectivity index (χ3n) is 5.61. The van der Waals surface area contributed by atoms with Crippen LogP contribution in [-0.4, -0.2) is 39.3 Å². The molecule has 4 rings (SSSR count). The number of hydrogen-bond acceptors (Lipinski definition) is 3. The van der Waals surface area contributed by atoms with Gasteiger partial charge in [-0.1, -0.05) is 24.3 Å². The zero-order chi connectivity index (χ0) is 20.4. The summed E-state index contributed by atoms with van der Waals surface area (Å²) >= 11 is 0. The van der Waals surface area contributed by atoms with E-state index in [0.29, 0.717) is 13.1 Å². The maximum atomic E-state index is 12.7. The maximum absolute atomic E-state index is 12.7. The Morgan fingerprint density at radius 3 is 3.00 bits per heavy atom. The van der Waals surface area contributed by atoms with Gasteiger partial charge in [-0.3, -0.25) is 14.6 Å². The van der Waals surface area contributed by atoms with Crippen LogP contribution in [0.5, 0.6) is 0 Å². The molecule has 2 aromatic heterocycles. The van der Waals surface area contributed by atoms with E-state index in [1.54, 1.807) is 17.3 Å². The highest BCUT2D eigenvalue weighted by molar-refractivity contribution is 5.89. The average Bonchev–Trinajstić information content (AvgIpc) is 3.27. The first-order chi connectivity index (χ1) is 14.0. The fourth-order valence-electron chi connectivity index (χ4n) is 4.09. The number of H-pyrrole nitrogens is 1. The molecule has 2 atom stereocenters. The molecule has 0 bridgehead atoms. The van der Waals surface area contributed by atoms with Crippen LogP contribution in [0.15, 0.2) is 48.9 Å². The van der Waals surface area contributed by atoms with E-state index in [-0.39, 0.29) is 30.2 Å². The van der Waals surface area contributed by atoms with Gasteiger partial charge in [0.1, 0.15) is 0 Å². The number of carbonyl (C=O) groups is 2. The zero-order valence-electron chi connectivity index (χ0n) is 16.8. The van der Waals surface area contributed by atoms with E-state index in [9.17, 15) is 9.59 Å². The lowest BCUT2D eigenvalue weighted by atomic mass is 10.0. The van der Waals surface area contributed by atoms with Crippen molar-refractivity contribution in [2.45, 2.75) is 39.3 Å². The molecule has 6 heteroatoms. The smallest absolute Gasteiger partial charge is 0.225 e. The number of para-hydroxylation sites is 1. The number of hydrogen-bond donors (Lipinski definition) is 2. The molecule has 3 aromatic rings. The lowest BCUT2D eigenvalue weighted by Crippen LogP contribution is -2.39. The first kappa shape index (κ1) is 19.2. The van der Waals surface area contributed by atoms with E-state index in [2.05, 4.69) is 40.4 Å². The number of rotatable bonds is 6. The summed E-state index contributed by atoms with van der Waals surface area (Å²) in [5.41, 5.74) is 4.53. The number of aromatic amines is 1. The van der Waals surface area contributed by atoms with Crippen molar-refractivity contribution < 1.29 is 9.59 Å².